The molecule has 7 heteroatoms. The predicted octanol–water partition coefficient (Wildman–Crippen LogP) is 2.34. The highest BCUT2D eigenvalue weighted by Gasteiger charge is 2.28. The second-order valence-corrected chi connectivity index (χ2v) is 8.15. The van der Waals surface area contributed by atoms with Crippen LogP contribution in [0.2, 0.25) is 0 Å². The van der Waals surface area contributed by atoms with E-state index >= 15 is 0 Å². The second-order valence-electron chi connectivity index (χ2n) is 6.13. The van der Waals surface area contributed by atoms with E-state index in [4.69, 9.17) is 4.74 Å². The fourth-order valence-electron chi connectivity index (χ4n) is 3.00. The highest BCUT2D eigenvalue weighted by atomic mass is 32.2. The van der Waals surface area contributed by atoms with Crippen molar-refractivity contribution in [2.45, 2.75) is 12.5 Å². The molecule has 1 aliphatic rings. The maximum atomic E-state index is 12.4. The highest BCUT2D eigenvalue weighted by molar-refractivity contribution is 7.93. The van der Waals surface area contributed by atoms with Crippen molar-refractivity contribution in [3.05, 3.63) is 65.7 Å². The van der Waals surface area contributed by atoms with E-state index in [1.807, 2.05) is 30.3 Å². The van der Waals surface area contributed by atoms with Crippen LogP contribution in [0.5, 0.6) is 0 Å². The first-order chi connectivity index (χ1) is 12.5. The molecule has 0 saturated carbocycles. The minimum Gasteiger partial charge on any atom is -0.375 e. The Bertz CT molecular complexity index is 851. The van der Waals surface area contributed by atoms with Gasteiger partial charge in [-0.15, -0.1) is 0 Å². The van der Waals surface area contributed by atoms with E-state index in [2.05, 4.69) is 5.32 Å². The lowest BCUT2D eigenvalue weighted by Crippen LogP contribution is -2.29. The van der Waals surface area contributed by atoms with Crippen LogP contribution in [0.4, 0.5) is 5.69 Å². The normalized spacial score (nSPS) is 17.0. The molecule has 6 nitrogen and oxygen atoms in total. The van der Waals surface area contributed by atoms with E-state index in [1.165, 1.54) is 4.31 Å². The molecule has 2 aromatic carbocycles. The Morgan fingerprint density at radius 2 is 1.85 bits per heavy atom. The summed E-state index contributed by atoms with van der Waals surface area (Å²) < 4.78 is 30.8. The van der Waals surface area contributed by atoms with Gasteiger partial charge in [0.25, 0.3) is 5.91 Å². The van der Waals surface area contributed by atoms with E-state index in [0.717, 1.165) is 5.56 Å². The Morgan fingerprint density at radius 1 is 1.15 bits per heavy atom. The zero-order chi connectivity index (χ0) is 18.6. The first-order valence-corrected chi connectivity index (χ1v) is 10.1. The Labute approximate surface area is 153 Å². The summed E-state index contributed by atoms with van der Waals surface area (Å²) in [4.78, 5) is 12.4. The number of anilines is 1. The van der Waals surface area contributed by atoms with Gasteiger partial charge in [0.2, 0.25) is 10.0 Å². The number of sulfonamides is 1. The van der Waals surface area contributed by atoms with Crippen LogP contribution >= 0.6 is 0 Å². The fraction of sp³-hybridized carbons (Fsp3) is 0.316. The van der Waals surface area contributed by atoms with Gasteiger partial charge in [0.15, 0.2) is 0 Å². The smallest absolute Gasteiger partial charge is 0.251 e. The van der Waals surface area contributed by atoms with Gasteiger partial charge >= 0.3 is 0 Å². The molecule has 3 rings (SSSR count). The summed E-state index contributed by atoms with van der Waals surface area (Å²) in [6.45, 7) is 0.835. The standard InChI is InChI=1S/C19H22N2O4S/c1-25-18(15-6-3-2-4-7-15)14-20-19(22)16-8-10-17(11-9-16)21-12-5-13-26(21,23)24/h2-4,6-11,18H,5,12-14H2,1H3,(H,20,22). The van der Waals surface area contributed by atoms with E-state index in [9.17, 15) is 13.2 Å². The number of rotatable bonds is 6. The maximum Gasteiger partial charge on any atom is 0.251 e. The molecule has 26 heavy (non-hydrogen) atoms. The molecule has 1 saturated heterocycles. The molecular formula is C19H22N2O4S. The largest absolute Gasteiger partial charge is 0.375 e. The van der Waals surface area contributed by atoms with Crippen molar-refractivity contribution in [2.24, 2.45) is 0 Å². The second kappa shape index (κ2) is 7.88. The molecule has 1 amide bonds. The Kier molecular flexibility index (Phi) is 5.58. The van der Waals surface area contributed by atoms with Crippen molar-refractivity contribution < 1.29 is 17.9 Å². The number of nitrogens with one attached hydrogen (secondary N) is 1. The zero-order valence-corrected chi connectivity index (χ0v) is 15.4. The van der Waals surface area contributed by atoms with Crippen LogP contribution in [-0.4, -0.2) is 40.3 Å². The highest BCUT2D eigenvalue weighted by Crippen LogP contribution is 2.24. The van der Waals surface area contributed by atoms with E-state index < -0.39 is 10.0 Å². The number of nitrogens with zero attached hydrogens (tertiary/aromatic N) is 1. The summed E-state index contributed by atoms with van der Waals surface area (Å²) in [5.74, 6) is -0.0496. The number of carbonyl (C=O) groups excluding carboxylic acids is 1. The van der Waals surface area contributed by atoms with Crippen molar-refractivity contribution in [1.82, 2.24) is 5.32 Å². The third kappa shape index (κ3) is 4.05. The lowest BCUT2D eigenvalue weighted by atomic mass is 10.1. The molecular weight excluding hydrogens is 352 g/mol. The summed E-state index contributed by atoms with van der Waals surface area (Å²) in [5.41, 5.74) is 2.07. The van der Waals surface area contributed by atoms with Crippen LogP contribution in [0, 0.1) is 0 Å². The van der Waals surface area contributed by atoms with Gasteiger partial charge in [0, 0.05) is 25.8 Å². The van der Waals surface area contributed by atoms with Crippen LogP contribution in [0.3, 0.4) is 0 Å². The topological polar surface area (TPSA) is 75.7 Å². The van der Waals surface area contributed by atoms with E-state index in [1.54, 1.807) is 31.4 Å². The molecule has 0 spiro atoms. The molecule has 1 aliphatic heterocycles. The molecule has 138 valence electrons. The summed E-state index contributed by atoms with van der Waals surface area (Å²) >= 11 is 0. The minimum atomic E-state index is -3.21. The Hall–Kier alpha value is -2.38. The van der Waals surface area contributed by atoms with E-state index in [0.29, 0.717) is 30.8 Å². The number of amides is 1. The Morgan fingerprint density at radius 3 is 2.42 bits per heavy atom. The maximum absolute atomic E-state index is 12.4. The zero-order valence-electron chi connectivity index (χ0n) is 14.6. The van der Waals surface area contributed by atoms with Gasteiger partial charge in [0.1, 0.15) is 0 Å². The van der Waals surface area contributed by atoms with E-state index in [-0.39, 0.29) is 17.8 Å². The minimum absolute atomic E-state index is 0.174. The van der Waals surface area contributed by atoms with Gasteiger partial charge in [0.05, 0.1) is 17.5 Å². The first kappa shape index (κ1) is 18.4. The van der Waals surface area contributed by atoms with Crippen LogP contribution in [0.1, 0.15) is 28.4 Å². The predicted molar refractivity (Wildman–Crippen MR) is 101 cm³/mol. The molecule has 2 aromatic rings. The van der Waals surface area contributed by atoms with Gasteiger partial charge in [-0.2, -0.15) is 0 Å². The molecule has 1 N–H and O–H groups in total. The molecule has 0 aliphatic carbocycles. The third-order valence-corrected chi connectivity index (χ3v) is 6.29. The first-order valence-electron chi connectivity index (χ1n) is 8.48. The molecule has 1 unspecified atom stereocenters. The quantitative estimate of drug-likeness (QED) is 0.842. The van der Waals surface area contributed by atoms with Gasteiger partial charge < -0.3 is 10.1 Å². The molecule has 1 fully saturated rings. The summed E-state index contributed by atoms with van der Waals surface area (Å²) in [5, 5.41) is 2.86. The molecule has 1 heterocycles. The lowest BCUT2D eigenvalue weighted by molar-refractivity contribution is 0.0828. The number of methoxy groups -OCH3 is 1. The van der Waals surface area contributed by atoms with Gasteiger partial charge in [-0.3, -0.25) is 9.10 Å². The molecule has 0 bridgehead atoms. The monoisotopic (exact) mass is 374 g/mol. The number of carbonyl (C=O) groups is 1. The number of ether oxygens (including phenoxy) is 1. The van der Waals surface area contributed by atoms with Crippen molar-refractivity contribution in [2.75, 3.05) is 30.3 Å². The van der Waals surface area contributed by atoms with Crippen LogP contribution in [0.15, 0.2) is 54.6 Å². The van der Waals surface area contributed by atoms with Gasteiger partial charge in [-0.25, -0.2) is 8.42 Å². The lowest BCUT2D eigenvalue weighted by Gasteiger charge is -2.18. The summed E-state index contributed by atoms with van der Waals surface area (Å²) in [7, 11) is -1.61. The van der Waals surface area contributed by atoms with Crippen molar-refractivity contribution in [3.63, 3.8) is 0 Å². The van der Waals surface area contributed by atoms with Crippen molar-refractivity contribution in [1.29, 1.82) is 0 Å². The molecule has 1 atom stereocenters. The SMILES string of the molecule is COC(CNC(=O)c1ccc(N2CCCS2(=O)=O)cc1)c1ccccc1. The fourth-order valence-corrected chi connectivity index (χ4v) is 4.57. The average Bonchev–Trinajstić information content (AvgIpc) is 3.02. The van der Waals surface area contributed by atoms with Gasteiger partial charge in [-0.05, 0) is 36.2 Å². The molecule has 0 radical (unpaired) electrons. The van der Waals surface area contributed by atoms with Crippen molar-refractivity contribution in [3.8, 4) is 0 Å². The average molecular weight is 374 g/mol. The van der Waals surface area contributed by atoms with Crippen molar-refractivity contribution >= 4 is 21.6 Å². The Balaban J connectivity index is 1.63. The molecule has 0 aromatic heterocycles. The number of benzene rings is 2. The summed E-state index contributed by atoms with van der Waals surface area (Å²) in [6.07, 6.45) is 0.400. The van der Waals surface area contributed by atoms with Crippen LogP contribution in [-0.2, 0) is 14.8 Å². The van der Waals surface area contributed by atoms with Gasteiger partial charge in [-0.1, -0.05) is 30.3 Å². The summed E-state index contributed by atoms with van der Waals surface area (Å²) in [6, 6.07) is 16.3. The number of hydrogen-bond donors (Lipinski definition) is 1. The van der Waals surface area contributed by atoms with Crippen LogP contribution in [0.25, 0.3) is 0 Å². The van der Waals surface area contributed by atoms with Crippen LogP contribution < -0.4 is 9.62 Å². The number of hydrogen-bond acceptors (Lipinski definition) is 4. The third-order valence-electron chi connectivity index (χ3n) is 4.42.